The third-order valence-electron chi connectivity index (χ3n) is 3.99. The molecule has 1 aromatic carbocycles. The lowest BCUT2D eigenvalue weighted by molar-refractivity contribution is 0.282. The number of halogens is 1. The van der Waals surface area contributed by atoms with E-state index in [2.05, 4.69) is 4.98 Å². The average molecular weight is 371 g/mol. The van der Waals surface area contributed by atoms with Crippen LogP contribution in [0.15, 0.2) is 65.7 Å². The molecule has 0 fully saturated rings. The molecule has 0 unspecified atom stereocenters. The number of rotatable bonds is 7. The summed E-state index contributed by atoms with van der Waals surface area (Å²) in [5.74, 6) is 0.510. The maximum Gasteiger partial charge on any atom is 0.254 e. The minimum Gasteiger partial charge on any atom is -0.487 e. The Balaban J connectivity index is 1.58. The van der Waals surface area contributed by atoms with Crippen molar-refractivity contribution in [1.82, 2.24) is 9.55 Å². The van der Waals surface area contributed by atoms with Gasteiger partial charge >= 0.3 is 0 Å². The number of aliphatic hydroxyl groups is 1. The van der Waals surface area contributed by atoms with E-state index in [0.717, 1.165) is 23.2 Å². The summed E-state index contributed by atoms with van der Waals surface area (Å²) in [6.45, 7) is 0.890. The van der Waals surface area contributed by atoms with Gasteiger partial charge in [-0.1, -0.05) is 35.9 Å². The second-order valence-corrected chi connectivity index (χ2v) is 6.31. The predicted molar refractivity (Wildman–Crippen MR) is 100 cm³/mol. The molecule has 5 nitrogen and oxygen atoms in total. The van der Waals surface area contributed by atoms with Crippen molar-refractivity contribution in [2.75, 3.05) is 0 Å². The van der Waals surface area contributed by atoms with Crippen LogP contribution in [0.5, 0.6) is 5.75 Å². The number of nitrogens with zero attached hydrogens (tertiary/aromatic N) is 2. The number of hydrogen-bond acceptors (Lipinski definition) is 4. The number of pyridine rings is 2. The number of aliphatic hydroxyl groups excluding tert-OH is 1. The number of aromatic nitrogens is 2. The molecule has 0 spiro atoms. The summed E-state index contributed by atoms with van der Waals surface area (Å²) >= 11 is 5.80. The highest BCUT2D eigenvalue weighted by atomic mass is 35.5. The molecule has 0 aliphatic heterocycles. The smallest absolute Gasteiger partial charge is 0.254 e. The van der Waals surface area contributed by atoms with Gasteiger partial charge in [-0.2, -0.15) is 0 Å². The quantitative estimate of drug-likeness (QED) is 0.693. The van der Waals surface area contributed by atoms with Crippen molar-refractivity contribution in [3.8, 4) is 5.75 Å². The molecule has 134 valence electrons. The van der Waals surface area contributed by atoms with Crippen molar-refractivity contribution < 1.29 is 9.84 Å². The van der Waals surface area contributed by atoms with Gasteiger partial charge in [0.25, 0.3) is 5.56 Å². The predicted octanol–water partition coefficient (Wildman–Crippen LogP) is 3.21. The largest absolute Gasteiger partial charge is 0.487 e. The van der Waals surface area contributed by atoms with E-state index in [4.69, 9.17) is 21.4 Å². The summed E-state index contributed by atoms with van der Waals surface area (Å²) in [6.07, 6.45) is 4.03. The molecule has 0 saturated carbocycles. The minimum absolute atomic E-state index is 0.0345. The first-order chi connectivity index (χ1) is 12.6. The fourth-order valence-corrected chi connectivity index (χ4v) is 2.59. The number of ether oxygens (including phenoxy) is 1. The first-order valence-electron chi connectivity index (χ1n) is 8.26. The Morgan fingerprint density at radius 3 is 2.50 bits per heavy atom. The van der Waals surface area contributed by atoms with Crippen LogP contribution >= 0.6 is 11.6 Å². The van der Waals surface area contributed by atoms with Crippen LogP contribution in [0.3, 0.4) is 0 Å². The van der Waals surface area contributed by atoms with Crippen LogP contribution in [-0.2, 0) is 26.2 Å². The van der Waals surface area contributed by atoms with Gasteiger partial charge in [0.2, 0.25) is 0 Å². The molecule has 3 aromatic rings. The average Bonchev–Trinajstić information content (AvgIpc) is 2.67. The van der Waals surface area contributed by atoms with E-state index in [0.29, 0.717) is 17.3 Å². The molecule has 26 heavy (non-hydrogen) atoms. The molecule has 2 heterocycles. The van der Waals surface area contributed by atoms with Crippen LogP contribution in [0.2, 0.25) is 5.02 Å². The van der Waals surface area contributed by atoms with Gasteiger partial charge in [0, 0.05) is 25.0 Å². The maximum atomic E-state index is 12.2. The fourth-order valence-electron chi connectivity index (χ4n) is 2.47. The Hall–Kier alpha value is -2.63. The maximum absolute atomic E-state index is 12.2. The Morgan fingerprint density at radius 1 is 1.08 bits per heavy atom. The first kappa shape index (κ1) is 18.2. The summed E-state index contributed by atoms with van der Waals surface area (Å²) in [6, 6.07) is 14.5. The van der Waals surface area contributed by atoms with Crippen LogP contribution in [-0.4, -0.2) is 14.7 Å². The molecule has 0 amide bonds. The third kappa shape index (κ3) is 4.94. The van der Waals surface area contributed by atoms with Crippen LogP contribution in [0.25, 0.3) is 0 Å². The highest BCUT2D eigenvalue weighted by molar-refractivity contribution is 6.30. The standard InChI is InChI=1S/C20H19ClN2O3/c21-17-5-6-18(22-12-17)14-26-19-8-10-23(20(25)11-19)9-7-15-1-3-16(13-24)4-2-15/h1-6,8,10-12,24H,7,9,13-14H2. The Labute approximate surface area is 156 Å². The summed E-state index contributed by atoms with van der Waals surface area (Å²) in [7, 11) is 0. The van der Waals surface area contributed by atoms with Crippen molar-refractivity contribution in [3.63, 3.8) is 0 Å². The molecule has 1 N–H and O–H groups in total. The summed E-state index contributed by atoms with van der Waals surface area (Å²) in [4.78, 5) is 16.4. The lowest BCUT2D eigenvalue weighted by atomic mass is 10.1. The molecule has 0 saturated heterocycles. The normalized spacial score (nSPS) is 10.7. The zero-order valence-corrected chi connectivity index (χ0v) is 14.9. The van der Waals surface area contributed by atoms with Crippen LogP contribution in [0.1, 0.15) is 16.8 Å². The molecule has 0 aliphatic rings. The number of benzene rings is 1. The Bertz CT molecular complexity index is 906. The lowest BCUT2D eigenvalue weighted by Crippen LogP contribution is -2.19. The molecular weight excluding hydrogens is 352 g/mol. The second kappa shape index (κ2) is 8.65. The van der Waals surface area contributed by atoms with E-state index < -0.39 is 0 Å². The van der Waals surface area contributed by atoms with Crippen molar-refractivity contribution >= 4 is 11.6 Å². The van der Waals surface area contributed by atoms with Crippen molar-refractivity contribution in [1.29, 1.82) is 0 Å². The molecular formula is C20H19ClN2O3. The van der Waals surface area contributed by atoms with E-state index in [1.807, 2.05) is 24.3 Å². The van der Waals surface area contributed by atoms with Crippen molar-refractivity contribution in [2.24, 2.45) is 0 Å². The molecule has 6 heteroatoms. The van der Waals surface area contributed by atoms with Gasteiger partial charge in [-0.3, -0.25) is 9.78 Å². The van der Waals surface area contributed by atoms with E-state index in [-0.39, 0.29) is 18.8 Å². The summed E-state index contributed by atoms with van der Waals surface area (Å²) in [5.41, 5.74) is 2.62. The molecule has 0 aliphatic carbocycles. The first-order valence-corrected chi connectivity index (χ1v) is 8.64. The topological polar surface area (TPSA) is 64.3 Å². The van der Waals surface area contributed by atoms with Gasteiger partial charge in [-0.25, -0.2) is 0 Å². The highest BCUT2D eigenvalue weighted by Gasteiger charge is 2.02. The minimum atomic E-state index is -0.112. The Kier molecular flexibility index (Phi) is 6.04. The van der Waals surface area contributed by atoms with Crippen LogP contribution in [0, 0.1) is 0 Å². The van der Waals surface area contributed by atoms with E-state index >= 15 is 0 Å². The molecule has 0 atom stereocenters. The van der Waals surface area contributed by atoms with E-state index in [1.165, 1.54) is 6.07 Å². The van der Waals surface area contributed by atoms with Gasteiger partial charge in [0.05, 0.1) is 17.3 Å². The fraction of sp³-hybridized carbons (Fsp3) is 0.200. The number of hydrogen-bond donors (Lipinski definition) is 1. The van der Waals surface area contributed by atoms with Gasteiger partial charge < -0.3 is 14.4 Å². The highest BCUT2D eigenvalue weighted by Crippen LogP contribution is 2.11. The van der Waals surface area contributed by atoms with Gasteiger partial charge in [-0.05, 0) is 35.7 Å². The monoisotopic (exact) mass is 370 g/mol. The molecule has 0 bridgehead atoms. The molecule has 2 aromatic heterocycles. The van der Waals surface area contributed by atoms with Gasteiger partial charge in [0.1, 0.15) is 12.4 Å². The molecule has 3 rings (SSSR count). The van der Waals surface area contributed by atoms with Crippen LogP contribution in [0.4, 0.5) is 0 Å². The van der Waals surface area contributed by atoms with Gasteiger partial charge in [0.15, 0.2) is 0 Å². The number of aryl methyl sites for hydroxylation is 2. The zero-order chi connectivity index (χ0) is 18.4. The Morgan fingerprint density at radius 2 is 1.85 bits per heavy atom. The van der Waals surface area contributed by atoms with Crippen molar-refractivity contribution in [3.05, 3.63) is 93.1 Å². The lowest BCUT2D eigenvalue weighted by Gasteiger charge is -2.09. The second-order valence-electron chi connectivity index (χ2n) is 5.88. The SMILES string of the molecule is O=c1cc(OCc2ccc(Cl)cn2)ccn1CCc1ccc(CO)cc1. The van der Waals surface area contributed by atoms with Crippen molar-refractivity contribution in [2.45, 2.75) is 26.2 Å². The van der Waals surface area contributed by atoms with E-state index in [9.17, 15) is 4.79 Å². The third-order valence-corrected chi connectivity index (χ3v) is 4.21. The van der Waals surface area contributed by atoms with Gasteiger partial charge in [-0.15, -0.1) is 0 Å². The van der Waals surface area contributed by atoms with Crippen LogP contribution < -0.4 is 10.3 Å². The zero-order valence-electron chi connectivity index (χ0n) is 14.1. The van der Waals surface area contributed by atoms with E-state index in [1.54, 1.807) is 35.2 Å². The summed E-state index contributed by atoms with van der Waals surface area (Å²) in [5, 5.41) is 9.63. The molecule has 0 radical (unpaired) electrons. The summed E-state index contributed by atoms with van der Waals surface area (Å²) < 4.78 is 7.26.